The second kappa shape index (κ2) is 5.86. The molecule has 0 aromatic carbocycles. The summed E-state index contributed by atoms with van der Waals surface area (Å²) in [7, 11) is 3.04. The van der Waals surface area contributed by atoms with Crippen LogP contribution in [0, 0.1) is 0 Å². The van der Waals surface area contributed by atoms with E-state index in [9.17, 15) is 0 Å². The largest absolute Gasteiger partial charge is 0.467 e. The van der Waals surface area contributed by atoms with Gasteiger partial charge >= 0.3 is 12.0 Å². The van der Waals surface area contributed by atoms with E-state index in [2.05, 4.69) is 29.8 Å². The topological polar surface area (TPSA) is 86.2 Å². The van der Waals surface area contributed by atoms with E-state index in [1.165, 1.54) is 14.2 Å². The lowest BCUT2D eigenvalue weighted by molar-refractivity contribution is 0.339. The molecule has 1 aliphatic rings. The lowest BCUT2D eigenvalue weighted by Gasteiger charge is -2.24. The average Bonchev–Trinajstić information content (AvgIpc) is 3.04. The molecule has 2 aromatic heterocycles. The number of rotatable bonds is 4. The fourth-order valence-electron chi connectivity index (χ4n) is 2.45. The quantitative estimate of drug-likeness (QED) is 0.824. The van der Waals surface area contributed by atoms with Crippen molar-refractivity contribution in [1.29, 1.82) is 0 Å². The van der Waals surface area contributed by atoms with E-state index in [1.807, 2.05) is 6.07 Å². The number of aromatic nitrogens is 5. The van der Waals surface area contributed by atoms with Gasteiger partial charge in [0.1, 0.15) is 6.33 Å². The maximum Gasteiger partial charge on any atom is 0.324 e. The Balaban J connectivity index is 1.95. The first-order valence-electron chi connectivity index (χ1n) is 6.68. The van der Waals surface area contributed by atoms with E-state index in [0.717, 1.165) is 25.1 Å². The van der Waals surface area contributed by atoms with E-state index >= 15 is 0 Å². The molecule has 1 aliphatic heterocycles. The van der Waals surface area contributed by atoms with Crippen molar-refractivity contribution in [3.05, 3.63) is 24.3 Å². The predicted molar refractivity (Wildman–Crippen MR) is 74.3 cm³/mol. The van der Waals surface area contributed by atoms with Gasteiger partial charge in [0.15, 0.2) is 0 Å². The Morgan fingerprint density at radius 1 is 1.14 bits per heavy atom. The van der Waals surface area contributed by atoms with Crippen molar-refractivity contribution >= 4 is 5.95 Å². The first-order valence-corrected chi connectivity index (χ1v) is 6.68. The molecular formula is C13H16N6O2. The molecule has 0 bridgehead atoms. The zero-order valence-electron chi connectivity index (χ0n) is 11.9. The molecule has 0 N–H and O–H groups in total. The number of hydrogen-bond acceptors (Lipinski definition) is 8. The molecule has 0 radical (unpaired) electrons. The Morgan fingerprint density at radius 3 is 2.52 bits per heavy atom. The van der Waals surface area contributed by atoms with Gasteiger partial charge in [0, 0.05) is 12.7 Å². The lowest BCUT2D eigenvalue weighted by Crippen LogP contribution is -2.25. The van der Waals surface area contributed by atoms with Gasteiger partial charge in [-0.1, -0.05) is 0 Å². The van der Waals surface area contributed by atoms with E-state index in [4.69, 9.17) is 9.47 Å². The smallest absolute Gasteiger partial charge is 0.324 e. The minimum absolute atomic E-state index is 0.129. The predicted octanol–water partition coefficient (Wildman–Crippen LogP) is 1.02. The Hall–Kier alpha value is -2.51. The molecule has 0 aliphatic carbocycles. The van der Waals surface area contributed by atoms with Crippen LogP contribution < -0.4 is 14.4 Å². The SMILES string of the molecule is COc1nc(OC)nc(N2CCCC2c2ccncn2)n1. The standard InChI is InChI=1S/C13H16N6O2/c1-20-12-16-11(17-13(18-12)21-2)19-7-3-4-10(19)9-5-6-14-8-15-9/h5-6,8,10H,3-4,7H2,1-2H3. The van der Waals surface area contributed by atoms with Crippen LogP contribution in [0.3, 0.4) is 0 Å². The summed E-state index contributed by atoms with van der Waals surface area (Å²) in [5, 5.41) is 0. The summed E-state index contributed by atoms with van der Waals surface area (Å²) >= 11 is 0. The summed E-state index contributed by atoms with van der Waals surface area (Å²) in [4.78, 5) is 23.0. The Bertz CT molecular complexity index is 587. The summed E-state index contributed by atoms with van der Waals surface area (Å²) in [6.45, 7) is 0.852. The number of nitrogens with zero attached hydrogens (tertiary/aromatic N) is 6. The number of ether oxygens (including phenoxy) is 2. The van der Waals surface area contributed by atoms with Crippen LogP contribution in [0.5, 0.6) is 12.0 Å². The van der Waals surface area contributed by atoms with Gasteiger partial charge in [-0.15, -0.1) is 4.98 Å². The van der Waals surface area contributed by atoms with Crippen LogP contribution in [-0.2, 0) is 0 Å². The molecule has 8 heteroatoms. The Kier molecular flexibility index (Phi) is 3.76. The summed E-state index contributed by atoms with van der Waals surface area (Å²) in [5.74, 6) is 0.541. The van der Waals surface area contributed by atoms with Crippen LogP contribution in [0.25, 0.3) is 0 Å². The van der Waals surface area contributed by atoms with Gasteiger partial charge in [0.05, 0.1) is 26.0 Å². The van der Waals surface area contributed by atoms with E-state index < -0.39 is 0 Å². The molecule has 3 rings (SSSR count). The number of hydrogen-bond donors (Lipinski definition) is 0. The fourth-order valence-corrected chi connectivity index (χ4v) is 2.45. The van der Waals surface area contributed by atoms with Crippen LogP contribution in [0.15, 0.2) is 18.6 Å². The van der Waals surface area contributed by atoms with Crippen molar-refractivity contribution in [3.63, 3.8) is 0 Å². The molecule has 0 spiro atoms. The van der Waals surface area contributed by atoms with Gasteiger partial charge in [0.2, 0.25) is 5.95 Å². The third-order valence-electron chi connectivity index (χ3n) is 3.40. The number of methoxy groups -OCH3 is 2. The first-order chi connectivity index (χ1) is 10.3. The Morgan fingerprint density at radius 2 is 1.90 bits per heavy atom. The summed E-state index contributed by atoms with van der Waals surface area (Å²) in [5.41, 5.74) is 0.959. The van der Waals surface area contributed by atoms with Gasteiger partial charge in [-0.2, -0.15) is 9.97 Å². The van der Waals surface area contributed by atoms with Gasteiger partial charge < -0.3 is 14.4 Å². The third-order valence-corrected chi connectivity index (χ3v) is 3.40. The normalized spacial score (nSPS) is 17.8. The molecule has 1 saturated heterocycles. The van der Waals surface area contributed by atoms with Crippen molar-refractivity contribution in [1.82, 2.24) is 24.9 Å². The molecule has 110 valence electrons. The summed E-state index contributed by atoms with van der Waals surface area (Å²) in [6.07, 6.45) is 5.34. The maximum absolute atomic E-state index is 5.10. The Labute approximate surface area is 122 Å². The minimum atomic E-state index is 0.129. The molecule has 1 fully saturated rings. The summed E-state index contributed by atoms with van der Waals surface area (Å²) < 4.78 is 10.2. The van der Waals surface area contributed by atoms with E-state index in [-0.39, 0.29) is 18.1 Å². The average molecular weight is 288 g/mol. The molecule has 0 amide bonds. The van der Waals surface area contributed by atoms with Crippen molar-refractivity contribution < 1.29 is 9.47 Å². The third kappa shape index (κ3) is 2.69. The highest BCUT2D eigenvalue weighted by Gasteiger charge is 2.30. The van der Waals surface area contributed by atoms with Crippen molar-refractivity contribution in [2.75, 3.05) is 25.7 Å². The molecule has 1 atom stereocenters. The molecule has 3 heterocycles. The van der Waals surface area contributed by atoms with E-state index in [1.54, 1.807) is 12.5 Å². The lowest BCUT2D eigenvalue weighted by atomic mass is 10.1. The first kappa shape index (κ1) is 13.5. The summed E-state index contributed by atoms with van der Waals surface area (Å²) in [6, 6.07) is 2.53. The van der Waals surface area contributed by atoms with Gasteiger partial charge in [-0.3, -0.25) is 0 Å². The molecule has 8 nitrogen and oxygen atoms in total. The fraction of sp³-hybridized carbons (Fsp3) is 0.462. The highest BCUT2D eigenvalue weighted by Crippen LogP contribution is 2.34. The highest BCUT2D eigenvalue weighted by molar-refractivity contribution is 5.37. The highest BCUT2D eigenvalue weighted by atomic mass is 16.5. The monoisotopic (exact) mass is 288 g/mol. The maximum atomic E-state index is 5.10. The zero-order chi connectivity index (χ0) is 14.7. The van der Waals surface area contributed by atoms with Crippen molar-refractivity contribution in [3.8, 4) is 12.0 Å². The molecule has 0 saturated carbocycles. The number of anilines is 1. The van der Waals surface area contributed by atoms with Gasteiger partial charge in [-0.05, 0) is 18.9 Å². The van der Waals surface area contributed by atoms with E-state index in [0.29, 0.717) is 5.95 Å². The second-order valence-corrected chi connectivity index (χ2v) is 4.59. The molecule has 1 unspecified atom stereocenters. The molecular weight excluding hydrogens is 272 g/mol. The van der Waals surface area contributed by atoms with Gasteiger partial charge in [0.25, 0.3) is 0 Å². The van der Waals surface area contributed by atoms with Crippen LogP contribution in [0.4, 0.5) is 5.95 Å². The van der Waals surface area contributed by atoms with Crippen LogP contribution in [-0.4, -0.2) is 45.7 Å². The minimum Gasteiger partial charge on any atom is -0.467 e. The van der Waals surface area contributed by atoms with Crippen LogP contribution >= 0.6 is 0 Å². The van der Waals surface area contributed by atoms with Gasteiger partial charge in [-0.25, -0.2) is 9.97 Å². The second-order valence-electron chi connectivity index (χ2n) is 4.59. The molecule has 2 aromatic rings. The zero-order valence-corrected chi connectivity index (χ0v) is 11.9. The van der Waals surface area contributed by atoms with Crippen LogP contribution in [0.1, 0.15) is 24.6 Å². The van der Waals surface area contributed by atoms with Crippen molar-refractivity contribution in [2.45, 2.75) is 18.9 Å². The molecule has 21 heavy (non-hydrogen) atoms. The van der Waals surface area contributed by atoms with Crippen molar-refractivity contribution in [2.24, 2.45) is 0 Å². The van der Waals surface area contributed by atoms with Crippen LogP contribution in [0.2, 0.25) is 0 Å².